The molecule has 1 unspecified atom stereocenters. The molecule has 2 rings (SSSR count). The van der Waals surface area contributed by atoms with E-state index in [0.717, 1.165) is 17.1 Å². The lowest BCUT2D eigenvalue weighted by atomic mass is 10.0. The van der Waals surface area contributed by atoms with E-state index in [9.17, 15) is 0 Å². The third kappa shape index (κ3) is 2.62. The highest BCUT2D eigenvalue weighted by molar-refractivity contribution is 7.11. The van der Waals surface area contributed by atoms with Crippen LogP contribution in [0, 0.1) is 13.8 Å². The van der Waals surface area contributed by atoms with Crippen LogP contribution in [0.1, 0.15) is 39.7 Å². The summed E-state index contributed by atoms with van der Waals surface area (Å²) in [5.74, 6) is 0. The molecule has 0 aliphatic carbocycles. The molecule has 0 radical (unpaired) electrons. The highest BCUT2D eigenvalue weighted by atomic mass is 32.1. The Labute approximate surface area is 113 Å². The number of rotatable bonds is 4. The fourth-order valence-electron chi connectivity index (χ4n) is 2.00. The Morgan fingerprint density at radius 3 is 2.33 bits per heavy atom. The summed E-state index contributed by atoms with van der Waals surface area (Å²) in [5, 5.41) is 4.51. The van der Waals surface area contributed by atoms with E-state index in [1.807, 2.05) is 7.05 Å². The van der Waals surface area contributed by atoms with Crippen molar-refractivity contribution in [2.24, 2.45) is 0 Å². The first-order valence-corrected chi connectivity index (χ1v) is 7.17. The lowest BCUT2D eigenvalue weighted by Crippen LogP contribution is -2.17. The molecular weight excluding hydrogens is 240 g/mol. The molecular formula is C15H20N2S. The van der Waals surface area contributed by atoms with Crippen molar-refractivity contribution in [1.29, 1.82) is 0 Å². The highest BCUT2D eigenvalue weighted by Crippen LogP contribution is 2.27. The van der Waals surface area contributed by atoms with Crippen molar-refractivity contribution >= 4 is 11.3 Å². The van der Waals surface area contributed by atoms with Crippen molar-refractivity contribution in [2.75, 3.05) is 7.05 Å². The van der Waals surface area contributed by atoms with Gasteiger partial charge in [-0.3, -0.25) is 0 Å². The van der Waals surface area contributed by atoms with Gasteiger partial charge in [0.2, 0.25) is 0 Å². The fraction of sp³-hybridized carbons (Fsp3) is 0.400. The summed E-state index contributed by atoms with van der Waals surface area (Å²) in [5.41, 5.74) is 3.80. The zero-order valence-electron chi connectivity index (χ0n) is 11.4. The summed E-state index contributed by atoms with van der Waals surface area (Å²) >= 11 is 1.78. The van der Waals surface area contributed by atoms with Gasteiger partial charge < -0.3 is 5.32 Å². The second-order valence-electron chi connectivity index (χ2n) is 4.51. The Balaban J connectivity index is 2.32. The summed E-state index contributed by atoms with van der Waals surface area (Å²) in [4.78, 5) is 5.96. The minimum Gasteiger partial charge on any atom is -0.307 e. The molecule has 1 aromatic carbocycles. The van der Waals surface area contributed by atoms with Crippen molar-refractivity contribution in [2.45, 2.75) is 33.2 Å². The monoisotopic (exact) mass is 260 g/mol. The molecule has 0 spiro atoms. The number of nitrogens with zero attached hydrogens (tertiary/aromatic N) is 1. The molecule has 0 saturated carbocycles. The molecule has 0 fully saturated rings. The van der Waals surface area contributed by atoms with E-state index in [1.165, 1.54) is 16.0 Å². The van der Waals surface area contributed by atoms with Crippen LogP contribution >= 0.6 is 11.3 Å². The quantitative estimate of drug-likeness (QED) is 0.908. The lowest BCUT2D eigenvalue weighted by Gasteiger charge is -2.14. The molecule has 0 saturated heterocycles. The minimum absolute atomic E-state index is 0.202. The maximum Gasteiger partial charge on any atom is 0.115 e. The Morgan fingerprint density at radius 2 is 1.89 bits per heavy atom. The number of hydrogen-bond acceptors (Lipinski definition) is 3. The number of aromatic nitrogens is 1. The van der Waals surface area contributed by atoms with Crippen molar-refractivity contribution in [1.82, 2.24) is 10.3 Å². The molecule has 3 heteroatoms. The van der Waals surface area contributed by atoms with Crippen LogP contribution in [-0.4, -0.2) is 12.0 Å². The third-order valence-corrected chi connectivity index (χ3v) is 4.44. The number of hydrogen-bond donors (Lipinski definition) is 1. The first-order valence-electron chi connectivity index (χ1n) is 6.35. The minimum atomic E-state index is 0.202. The Morgan fingerprint density at radius 1 is 1.22 bits per heavy atom. The molecule has 1 N–H and O–H groups in total. The zero-order valence-corrected chi connectivity index (χ0v) is 12.3. The second-order valence-corrected chi connectivity index (χ2v) is 5.75. The van der Waals surface area contributed by atoms with E-state index in [2.05, 4.69) is 55.3 Å². The largest absolute Gasteiger partial charge is 0.307 e. The first-order chi connectivity index (χ1) is 8.65. The topological polar surface area (TPSA) is 24.9 Å². The molecule has 1 heterocycles. The van der Waals surface area contributed by atoms with Gasteiger partial charge in [-0.05, 0) is 38.4 Å². The molecule has 2 nitrogen and oxygen atoms in total. The van der Waals surface area contributed by atoms with Crippen molar-refractivity contribution in [3.8, 4) is 0 Å². The standard InChI is InChI=1S/C15H20N2S/c1-5-12-6-8-13(9-7-12)14(16-4)15-17-10(2)11(3)18-15/h6-9,14,16H,5H2,1-4H3. The Bertz CT molecular complexity index is 494. The summed E-state index contributed by atoms with van der Waals surface area (Å²) in [7, 11) is 1.99. The molecule has 1 aromatic heterocycles. The summed E-state index contributed by atoms with van der Waals surface area (Å²) in [6.45, 7) is 6.38. The van der Waals surface area contributed by atoms with Gasteiger partial charge in [-0.2, -0.15) is 0 Å². The van der Waals surface area contributed by atoms with Gasteiger partial charge in [0.05, 0.1) is 11.7 Å². The van der Waals surface area contributed by atoms with Gasteiger partial charge in [-0.1, -0.05) is 31.2 Å². The average molecular weight is 260 g/mol. The van der Waals surface area contributed by atoms with Crippen LogP contribution in [0.15, 0.2) is 24.3 Å². The van der Waals surface area contributed by atoms with E-state index in [4.69, 9.17) is 0 Å². The molecule has 2 aromatic rings. The van der Waals surface area contributed by atoms with Gasteiger partial charge in [0, 0.05) is 4.88 Å². The summed E-state index contributed by atoms with van der Waals surface area (Å²) < 4.78 is 0. The predicted octanol–water partition coefficient (Wildman–Crippen LogP) is 3.63. The summed E-state index contributed by atoms with van der Waals surface area (Å²) in [6, 6.07) is 9.01. The van der Waals surface area contributed by atoms with Crippen LogP contribution in [-0.2, 0) is 6.42 Å². The maximum atomic E-state index is 4.66. The SMILES string of the molecule is CCc1ccc(C(NC)c2nc(C)c(C)s2)cc1. The average Bonchev–Trinajstić information content (AvgIpc) is 2.71. The van der Waals surface area contributed by atoms with Crippen LogP contribution in [0.25, 0.3) is 0 Å². The molecule has 0 amide bonds. The predicted molar refractivity (Wildman–Crippen MR) is 78.3 cm³/mol. The Kier molecular flexibility index (Phi) is 4.15. The Hall–Kier alpha value is -1.19. The maximum absolute atomic E-state index is 4.66. The number of thiazole rings is 1. The number of nitrogens with one attached hydrogen (secondary N) is 1. The van der Waals surface area contributed by atoms with Crippen molar-refractivity contribution < 1.29 is 0 Å². The van der Waals surface area contributed by atoms with Crippen LogP contribution in [0.5, 0.6) is 0 Å². The van der Waals surface area contributed by atoms with E-state index in [0.29, 0.717) is 0 Å². The molecule has 1 atom stereocenters. The van der Waals surface area contributed by atoms with Crippen molar-refractivity contribution in [3.05, 3.63) is 51.0 Å². The molecule has 96 valence electrons. The van der Waals surface area contributed by atoms with E-state index < -0.39 is 0 Å². The highest BCUT2D eigenvalue weighted by Gasteiger charge is 2.16. The lowest BCUT2D eigenvalue weighted by molar-refractivity contribution is 0.684. The van der Waals surface area contributed by atoms with Crippen LogP contribution in [0.2, 0.25) is 0 Å². The third-order valence-electron chi connectivity index (χ3n) is 3.30. The van der Waals surface area contributed by atoms with E-state index in [1.54, 1.807) is 11.3 Å². The van der Waals surface area contributed by atoms with Gasteiger partial charge in [0.15, 0.2) is 0 Å². The van der Waals surface area contributed by atoms with Gasteiger partial charge in [0.1, 0.15) is 5.01 Å². The molecule has 0 bridgehead atoms. The van der Waals surface area contributed by atoms with Crippen LogP contribution < -0.4 is 5.32 Å². The molecule has 0 aliphatic heterocycles. The zero-order chi connectivity index (χ0) is 13.1. The summed E-state index contributed by atoms with van der Waals surface area (Å²) in [6.07, 6.45) is 1.08. The van der Waals surface area contributed by atoms with E-state index >= 15 is 0 Å². The van der Waals surface area contributed by atoms with Crippen molar-refractivity contribution in [3.63, 3.8) is 0 Å². The van der Waals surface area contributed by atoms with E-state index in [-0.39, 0.29) is 6.04 Å². The first kappa shape index (κ1) is 13.2. The van der Waals surface area contributed by atoms with Gasteiger partial charge in [-0.25, -0.2) is 4.98 Å². The molecule has 18 heavy (non-hydrogen) atoms. The van der Waals surface area contributed by atoms with Gasteiger partial charge >= 0.3 is 0 Å². The fourth-order valence-corrected chi connectivity index (χ4v) is 3.06. The van der Waals surface area contributed by atoms with Crippen LogP contribution in [0.3, 0.4) is 0 Å². The second kappa shape index (κ2) is 5.63. The smallest absolute Gasteiger partial charge is 0.115 e. The van der Waals surface area contributed by atoms with Gasteiger partial charge in [0.25, 0.3) is 0 Å². The number of aryl methyl sites for hydroxylation is 3. The van der Waals surface area contributed by atoms with Gasteiger partial charge in [-0.15, -0.1) is 11.3 Å². The number of benzene rings is 1. The molecule has 0 aliphatic rings. The normalized spacial score (nSPS) is 12.7. The van der Waals surface area contributed by atoms with Crippen LogP contribution in [0.4, 0.5) is 0 Å².